The Labute approximate surface area is 178 Å². The molecule has 174 valence electrons. The molecule has 0 radical (unpaired) electrons. The molecule has 1 heterocycles. The summed E-state index contributed by atoms with van der Waals surface area (Å²) in [6.07, 6.45) is -3.73. The zero-order chi connectivity index (χ0) is 23.4. The van der Waals surface area contributed by atoms with Crippen molar-refractivity contribution in [1.82, 2.24) is 0 Å². The van der Waals surface area contributed by atoms with E-state index >= 15 is 0 Å². The Morgan fingerprint density at radius 3 is 2.23 bits per heavy atom. The average molecular weight is 471 g/mol. The van der Waals surface area contributed by atoms with Gasteiger partial charge in [-0.05, 0) is 52.8 Å². The van der Waals surface area contributed by atoms with E-state index in [1.807, 2.05) is 20.8 Å². The Kier molecular flexibility index (Phi) is 8.92. The lowest BCUT2D eigenvalue weighted by molar-refractivity contribution is -0.188. The number of ether oxygens (including phenoxy) is 3. The van der Waals surface area contributed by atoms with Crippen LogP contribution in [0.15, 0.2) is 12.2 Å². The van der Waals surface area contributed by atoms with E-state index in [2.05, 4.69) is 24.4 Å². The van der Waals surface area contributed by atoms with Gasteiger partial charge in [0, 0.05) is 12.2 Å². The quantitative estimate of drug-likeness (QED) is 0.215. The number of esters is 2. The van der Waals surface area contributed by atoms with Crippen LogP contribution in [0.2, 0.25) is 25.7 Å². The van der Waals surface area contributed by atoms with Crippen LogP contribution in [0.3, 0.4) is 0 Å². The molecule has 1 fully saturated rings. The summed E-state index contributed by atoms with van der Waals surface area (Å²) in [5, 5.41) is 0. The first-order valence-corrected chi connectivity index (χ1v) is 16.6. The maximum atomic E-state index is 12.8. The number of hydrogen-bond acceptors (Lipinski definition) is 6. The second kappa shape index (κ2) is 9.96. The molecule has 3 unspecified atom stereocenters. The largest absolute Gasteiger partial charge is 0.435 e. The second-order valence-corrected chi connectivity index (χ2v) is 23.1. The predicted octanol–water partition coefficient (Wildman–Crippen LogP) is 4.43. The van der Waals surface area contributed by atoms with E-state index in [-0.39, 0.29) is 5.60 Å². The normalized spacial score (nSPS) is 26.2. The van der Waals surface area contributed by atoms with Crippen LogP contribution in [-0.4, -0.2) is 57.8 Å². The number of carbonyl (C=O) groups excluding carboxylic acids is 2. The summed E-state index contributed by atoms with van der Waals surface area (Å²) in [7, 11) is -4.78. The Morgan fingerprint density at radius 2 is 1.73 bits per heavy atom. The molecule has 0 aromatic carbocycles. The average Bonchev–Trinajstić information content (AvgIpc) is 2.60. The molecule has 1 aliphatic heterocycles. The molecular weight excluding hydrogens is 437 g/mol. The minimum atomic E-state index is -3.46. The Hall–Kier alpha value is -1.18. The van der Waals surface area contributed by atoms with Crippen molar-refractivity contribution in [3.63, 3.8) is 0 Å². The molecule has 3 atom stereocenters. The summed E-state index contributed by atoms with van der Waals surface area (Å²) < 4.78 is 59.1. The van der Waals surface area contributed by atoms with Crippen LogP contribution in [0.5, 0.6) is 0 Å². The van der Waals surface area contributed by atoms with Gasteiger partial charge in [-0.2, -0.15) is 4.39 Å². The van der Waals surface area contributed by atoms with Crippen LogP contribution in [0.25, 0.3) is 0 Å². The molecule has 0 aliphatic carbocycles. The highest BCUT2D eigenvalue weighted by atomic mass is 29.3. The van der Waals surface area contributed by atoms with Crippen LogP contribution in [0.1, 0.15) is 40.5 Å². The van der Waals surface area contributed by atoms with E-state index in [4.69, 9.17) is 13.9 Å². The molecule has 6 nitrogen and oxygen atoms in total. The lowest BCUT2D eigenvalue weighted by Crippen LogP contribution is -2.76. The molecule has 30 heavy (non-hydrogen) atoms. The standard InChI is InChI=1S/C19H33F3O6Si2/c1-8-12-25-19(4,30(7)13-11-18(2,3)28-29(30,5)6)27-15(24)10-9-14(23)26-17(22)16(20)21/h9-10,16-17H,8,11-13H2,1-7H3. The van der Waals surface area contributed by atoms with Crippen molar-refractivity contribution >= 4 is 27.4 Å². The van der Waals surface area contributed by atoms with Gasteiger partial charge in [-0.15, -0.1) is 0 Å². The third kappa shape index (κ3) is 6.41. The smallest absolute Gasteiger partial charge is 0.333 e. The van der Waals surface area contributed by atoms with Gasteiger partial charge in [-0.1, -0.05) is 13.5 Å². The summed E-state index contributed by atoms with van der Waals surface area (Å²) in [5.41, 5.74) is -1.48. The van der Waals surface area contributed by atoms with Crippen LogP contribution >= 0.6 is 0 Å². The minimum absolute atomic E-state index is 0.269. The van der Waals surface area contributed by atoms with Crippen LogP contribution < -0.4 is 0 Å². The monoisotopic (exact) mass is 470 g/mol. The van der Waals surface area contributed by atoms with Crippen molar-refractivity contribution in [2.24, 2.45) is 0 Å². The van der Waals surface area contributed by atoms with Gasteiger partial charge in [-0.3, -0.25) is 0 Å². The van der Waals surface area contributed by atoms with Gasteiger partial charge in [0.05, 0.1) is 12.2 Å². The lowest BCUT2D eigenvalue weighted by atomic mass is 10.1. The van der Waals surface area contributed by atoms with E-state index in [1.165, 1.54) is 0 Å². The van der Waals surface area contributed by atoms with Gasteiger partial charge in [0.15, 0.2) is 20.8 Å². The fraction of sp³-hybridized carbons (Fsp3) is 0.789. The third-order valence-electron chi connectivity index (χ3n) is 5.75. The van der Waals surface area contributed by atoms with Gasteiger partial charge >= 0.3 is 24.7 Å². The van der Waals surface area contributed by atoms with E-state index in [9.17, 15) is 22.8 Å². The van der Waals surface area contributed by atoms with Crippen molar-refractivity contribution < 1.29 is 41.4 Å². The molecule has 11 heteroatoms. The van der Waals surface area contributed by atoms with E-state index in [0.29, 0.717) is 19.1 Å². The zero-order valence-electron chi connectivity index (χ0n) is 18.7. The van der Waals surface area contributed by atoms with Crippen molar-refractivity contribution in [1.29, 1.82) is 0 Å². The number of hydrogen-bond donors (Lipinski definition) is 0. The van der Waals surface area contributed by atoms with Crippen LogP contribution in [0, 0.1) is 0 Å². The summed E-state index contributed by atoms with van der Waals surface area (Å²) in [5.74, 6) is -2.31. The van der Waals surface area contributed by atoms with Crippen molar-refractivity contribution in [3.8, 4) is 0 Å². The molecule has 1 aliphatic rings. The molecule has 0 N–H and O–H groups in total. The molecule has 0 aromatic heterocycles. The fourth-order valence-electron chi connectivity index (χ4n) is 3.64. The van der Waals surface area contributed by atoms with Gasteiger partial charge in [0.2, 0.25) is 0 Å². The molecular formula is C19H33F3O6Si2. The summed E-state index contributed by atoms with van der Waals surface area (Å²) in [6, 6.07) is 0.830. The van der Waals surface area contributed by atoms with Crippen molar-refractivity contribution in [2.45, 2.75) is 90.0 Å². The van der Waals surface area contributed by atoms with E-state index in [0.717, 1.165) is 18.5 Å². The molecule has 0 bridgehead atoms. The van der Waals surface area contributed by atoms with Crippen LogP contribution in [0.4, 0.5) is 13.2 Å². The number of alkyl halides is 3. The molecule has 0 aromatic rings. The van der Waals surface area contributed by atoms with Gasteiger partial charge in [0.25, 0.3) is 0 Å². The maximum Gasteiger partial charge on any atom is 0.333 e. The Balaban J connectivity index is 3.04. The topological polar surface area (TPSA) is 71.1 Å². The first-order valence-electron chi connectivity index (χ1n) is 9.97. The second-order valence-electron chi connectivity index (χ2n) is 8.88. The highest BCUT2D eigenvalue weighted by Crippen LogP contribution is 2.45. The molecule has 0 spiro atoms. The number of carbonyl (C=O) groups is 2. The first kappa shape index (κ1) is 26.9. The molecule has 0 saturated carbocycles. The molecule has 0 amide bonds. The van der Waals surface area contributed by atoms with Gasteiger partial charge in [0.1, 0.15) is 0 Å². The summed E-state index contributed by atoms with van der Waals surface area (Å²) >= 11 is 0. The third-order valence-corrected chi connectivity index (χ3v) is 23.4. The summed E-state index contributed by atoms with van der Waals surface area (Å²) in [4.78, 5) is 23.8. The van der Waals surface area contributed by atoms with Crippen LogP contribution in [-0.2, 0) is 28.2 Å². The van der Waals surface area contributed by atoms with Gasteiger partial charge < -0.3 is 18.6 Å². The van der Waals surface area contributed by atoms with E-state index in [1.54, 1.807) is 6.92 Å². The van der Waals surface area contributed by atoms with Gasteiger partial charge in [-0.25, -0.2) is 18.4 Å². The maximum absolute atomic E-state index is 12.8. The fourth-order valence-corrected chi connectivity index (χ4v) is 16.7. The highest BCUT2D eigenvalue weighted by molar-refractivity contribution is 7.39. The van der Waals surface area contributed by atoms with Crippen molar-refractivity contribution in [2.75, 3.05) is 6.61 Å². The van der Waals surface area contributed by atoms with Crippen molar-refractivity contribution in [3.05, 3.63) is 12.2 Å². The SMILES string of the molecule is CCCOC(C)(OC(=O)C=CC(=O)OC(F)C(F)F)[Si]1(C)CCC(C)(C)O[Si]1(C)C. The Morgan fingerprint density at radius 1 is 1.17 bits per heavy atom. The molecule has 1 rings (SSSR count). The highest BCUT2D eigenvalue weighted by Gasteiger charge is 2.65. The number of halogens is 3. The predicted molar refractivity (Wildman–Crippen MR) is 111 cm³/mol. The first-order chi connectivity index (χ1) is 13.6. The van der Waals surface area contributed by atoms with E-state index < -0.39 is 45.6 Å². The lowest BCUT2D eigenvalue weighted by Gasteiger charge is -2.56. The minimum Gasteiger partial charge on any atom is -0.435 e. The molecule has 1 saturated heterocycles. The Bertz CT molecular complexity index is 658. The number of rotatable bonds is 9. The zero-order valence-corrected chi connectivity index (χ0v) is 20.7. The summed E-state index contributed by atoms with van der Waals surface area (Å²) in [6.45, 7) is 14.4.